The van der Waals surface area contributed by atoms with Crippen LogP contribution in [-0.4, -0.2) is 31.4 Å². The second kappa shape index (κ2) is 9.32. The number of anilines is 1. The normalized spacial score (nSPS) is 10.7. The Morgan fingerprint density at radius 1 is 1.00 bits per heavy atom. The number of aromatic nitrogens is 4. The molecule has 0 fully saturated rings. The monoisotopic (exact) mass is 419 g/mol. The SMILES string of the molecule is O=C(CSc1nnc(-c2ccnc(F)c2)n1Cc1ccccc1)Nc1ccccc1. The van der Waals surface area contributed by atoms with Gasteiger partial charge in [0.2, 0.25) is 11.9 Å². The van der Waals surface area contributed by atoms with Gasteiger partial charge in [-0.1, -0.05) is 60.3 Å². The molecule has 0 bridgehead atoms. The van der Waals surface area contributed by atoms with Gasteiger partial charge in [-0.25, -0.2) is 4.98 Å². The maximum absolute atomic E-state index is 13.7. The van der Waals surface area contributed by atoms with Crippen molar-refractivity contribution in [3.8, 4) is 11.4 Å². The van der Waals surface area contributed by atoms with Crippen LogP contribution in [0.25, 0.3) is 11.4 Å². The van der Waals surface area contributed by atoms with Crippen LogP contribution in [0.4, 0.5) is 10.1 Å². The van der Waals surface area contributed by atoms with Gasteiger partial charge in [-0.05, 0) is 23.8 Å². The molecular formula is C22H18FN5OS. The molecule has 0 saturated heterocycles. The first-order valence-electron chi connectivity index (χ1n) is 9.26. The van der Waals surface area contributed by atoms with E-state index in [0.29, 0.717) is 23.1 Å². The topological polar surface area (TPSA) is 72.7 Å². The number of amides is 1. The van der Waals surface area contributed by atoms with Gasteiger partial charge < -0.3 is 5.32 Å². The van der Waals surface area contributed by atoms with Gasteiger partial charge in [-0.2, -0.15) is 4.39 Å². The van der Waals surface area contributed by atoms with Gasteiger partial charge >= 0.3 is 0 Å². The molecule has 0 unspecified atom stereocenters. The fraction of sp³-hybridized carbons (Fsp3) is 0.0909. The van der Waals surface area contributed by atoms with Crippen molar-refractivity contribution in [3.05, 3.63) is 90.5 Å². The van der Waals surface area contributed by atoms with Crippen molar-refractivity contribution in [1.29, 1.82) is 0 Å². The lowest BCUT2D eigenvalue weighted by molar-refractivity contribution is -0.113. The molecule has 150 valence electrons. The number of thioether (sulfide) groups is 1. The second-order valence-electron chi connectivity index (χ2n) is 6.45. The summed E-state index contributed by atoms with van der Waals surface area (Å²) < 4.78 is 15.5. The minimum Gasteiger partial charge on any atom is -0.325 e. The first kappa shape index (κ1) is 19.8. The Labute approximate surface area is 177 Å². The quantitative estimate of drug-likeness (QED) is 0.358. The smallest absolute Gasteiger partial charge is 0.234 e. The number of carbonyl (C=O) groups is 1. The molecule has 8 heteroatoms. The van der Waals surface area contributed by atoms with E-state index in [2.05, 4.69) is 20.5 Å². The lowest BCUT2D eigenvalue weighted by atomic mass is 10.2. The first-order valence-corrected chi connectivity index (χ1v) is 10.2. The Morgan fingerprint density at radius 2 is 1.73 bits per heavy atom. The Kier molecular flexibility index (Phi) is 6.14. The summed E-state index contributed by atoms with van der Waals surface area (Å²) in [6.07, 6.45) is 1.40. The maximum atomic E-state index is 13.7. The van der Waals surface area contributed by atoms with Gasteiger partial charge in [0.05, 0.1) is 12.3 Å². The minimum absolute atomic E-state index is 0.142. The van der Waals surface area contributed by atoms with Crippen molar-refractivity contribution < 1.29 is 9.18 Å². The zero-order valence-corrected chi connectivity index (χ0v) is 16.7. The van der Waals surface area contributed by atoms with E-state index in [9.17, 15) is 9.18 Å². The molecule has 0 aliphatic carbocycles. The highest BCUT2D eigenvalue weighted by Crippen LogP contribution is 2.25. The van der Waals surface area contributed by atoms with Gasteiger partial charge in [0, 0.05) is 23.5 Å². The number of carbonyl (C=O) groups excluding carboxylic acids is 1. The third kappa shape index (κ3) is 4.90. The number of nitrogens with one attached hydrogen (secondary N) is 1. The van der Waals surface area contributed by atoms with Crippen LogP contribution in [0.15, 0.2) is 84.1 Å². The minimum atomic E-state index is -0.585. The fourth-order valence-corrected chi connectivity index (χ4v) is 3.65. The highest BCUT2D eigenvalue weighted by molar-refractivity contribution is 7.99. The average Bonchev–Trinajstić information content (AvgIpc) is 3.16. The van der Waals surface area contributed by atoms with E-state index < -0.39 is 5.95 Å². The summed E-state index contributed by atoms with van der Waals surface area (Å²) >= 11 is 1.28. The van der Waals surface area contributed by atoms with Gasteiger partial charge in [-0.15, -0.1) is 10.2 Å². The number of nitrogens with zero attached hydrogens (tertiary/aromatic N) is 4. The lowest BCUT2D eigenvalue weighted by Gasteiger charge is -2.11. The molecule has 2 heterocycles. The number of hydrogen-bond donors (Lipinski definition) is 1. The van der Waals surface area contributed by atoms with Crippen LogP contribution in [0, 0.1) is 5.95 Å². The molecule has 30 heavy (non-hydrogen) atoms. The highest BCUT2D eigenvalue weighted by atomic mass is 32.2. The molecule has 0 radical (unpaired) electrons. The third-order valence-corrected chi connectivity index (χ3v) is 5.24. The molecule has 6 nitrogen and oxygen atoms in total. The number of benzene rings is 2. The predicted molar refractivity (Wildman–Crippen MR) is 115 cm³/mol. The number of para-hydroxylation sites is 1. The molecule has 4 aromatic rings. The molecule has 4 rings (SSSR count). The van der Waals surface area contributed by atoms with Crippen molar-refractivity contribution in [1.82, 2.24) is 19.7 Å². The maximum Gasteiger partial charge on any atom is 0.234 e. The van der Waals surface area contributed by atoms with Gasteiger partial charge in [0.25, 0.3) is 0 Å². The first-order chi connectivity index (χ1) is 14.7. The van der Waals surface area contributed by atoms with Crippen molar-refractivity contribution in [2.45, 2.75) is 11.7 Å². The zero-order valence-electron chi connectivity index (χ0n) is 15.9. The standard InChI is InChI=1S/C22H18FN5OS/c23-19-13-17(11-12-24-19)21-26-27-22(28(21)14-16-7-3-1-4-8-16)30-15-20(29)25-18-9-5-2-6-10-18/h1-13H,14-15H2,(H,25,29). The van der Waals surface area contributed by atoms with Crippen LogP contribution in [0.5, 0.6) is 0 Å². The molecule has 1 amide bonds. The molecule has 2 aromatic heterocycles. The summed E-state index contributed by atoms with van der Waals surface area (Å²) in [6.45, 7) is 0.496. The van der Waals surface area contributed by atoms with E-state index in [1.807, 2.05) is 65.2 Å². The van der Waals surface area contributed by atoms with Gasteiger partial charge in [0.1, 0.15) is 0 Å². The van der Waals surface area contributed by atoms with Crippen molar-refractivity contribution in [2.75, 3.05) is 11.1 Å². The fourth-order valence-electron chi connectivity index (χ4n) is 2.91. The summed E-state index contributed by atoms with van der Waals surface area (Å²) in [6, 6.07) is 22.1. The van der Waals surface area contributed by atoms with E-state index in [1.54, 1.807) is 6.07 Å². The van der Waals surface area contributed by atoms with Crippen LogP contribution in [-0.2, 0) is 11.3 Å². The Balaban J connectivity index is 1.56. The van der Waals surface area contributed by atoms with E-state index in [0.717, 1.165) is 11.3 Å². The summed E-state index contributed by atoms with van der Waals surface area (Å²) in [5.41, 5.74) is 2.36. The van der Waals surface area contributed by atoms with Crippen LogP contribution in [0.3, 0.4) is 0 Å². The van der Waals surface area contributed by atoms with E-state index >= 15 is 0 Å². The summed E-state index contributed by atoms with van der Waals surface area (Å²) in [5.74, 6) is -0.0340. The largest absolute Gasteiger partial charge is 0.325 e. The molecule has 2 aromatic carbocycles. The second-order valence-corrected chi connectivity index (χ2v) is 7.39. The molecule has 0 atom stereocenters. The summed E-state index contributed by atoms with van der Waals surface area (Å²) in [7, 11) is 0. The molecule has 0 saturated carbocycles. The van der Waals surface area contributed by atoms with E-state index in [1.165, 1.54) is 24.0 Å². The number of pyridine rings is 1. The van der Waals surface area contributed by atoms with Crippen LogP contribution in [0.1, 0.15) is 5.56 Å². The van der Waals surface area contributed by atoms with Crippen molar-refractivity contribution >= 4 is 23.4 Å². The molecular weight excluding hydrogens is 401 g/mol. The van der Waals surface area contributed by atoms with E-state index in [-0.39, 0.29) is 11.7 Å². The Hall–Kier alpha value is -3.52. The zero-order chi connectivity index (χ0) is 20.8. The number of hydrogen-bond acceptors (Lipinski definition) is 5. The Bertz CT molecular complexity index is 1130. The average molecular weight is 419 g/mol. The van der Waals surface area contributed by atoms with E-state index in [4.69, 9.17) is 0 Å². The summed E-state index contributed by atoms with van der Waals surface area (Å²) in [5, 5.41) is 11.9. The molecule has 0 spiro atoms. The number of halogens is 1. The summed E-state index contributed by atoms with van der Waals surface area (Å²) in [4.78, 5) is 15.9. The van der Waals surface area contributed by atoms with Crippen molar-refractivity contribution in [3.63, 3.8) is 0 Å². The molecule has 0 aliphatic rings. The molecule has 0 aliphatic heterocycles. The highest BCUT2D eigenvalue weighted by Gasteiger charge is 2.17. The van der Waals surface area contributed by atoms with Crippen molar-refractivity contribution in [2.24, 2.45) is 0 Å². The predicted octanol–water partition coefficient (Wildman–Crippen LogP) is 4.26. The molecule has 1 N–H and O–H groups in total. The third-order valence-electron chi connectivity index (χ3n) is 4.28. The van der Waals surface area contributed by atoms with Crippen LogP contribution >= 0.6 is 11.8 Å². The van der Waals surface area contributed by atoms with Crippen LogP contribution < -0.4 is 5.32 Å². The lowest BCUT2D eigenvalue weighted by Crippen LogP contribution is -2.14. The Morgan fingerprint density at radius 3 is 2.47 bits per heavy atom. The van der Waals surface area contributed by atoms with Gasteiger partial charge in [0.15, 0.2) is 11.0 Å². The van der Waals surface area contributed by atoms with Crippen LogP contribution in [0.2, 0.25) is 0 Å². The number of rotatable bonds is 7. The van der Waals surface area contributed by atoms with Gasteiger partial charge in [-0.3, -0.25) is 9.36 Å².